The molecule has 10 heteroatoms. The molecular weight excluding hydrogens is 596 g/mol. The topological polar surface area (TPSA) is 56.9 Å². The molecule has 6 aromatic rings. The Kier molecular flexibility index (Phi) is 7.57. The van der Waals surface area contributed by atoms with Crippen molar-refractivity contribution in [2.75, 3.05) is 5.75 Å². The molecule has 0 amide bonds. The molecule has 0 unspecified atom stereocenters. The van der Waals surface area contributed by atoms with E-state index in [1.807, 2.05) is 47.8 Å². The Balaban J connectivity index is 1.39. The number of aromatic nitrogens is 3. The van der Waals surface area contributed by atoms with Crippen molar-refractivity contribution in [2.45, 2.75) is 19.0 Å². The number of nitrogens with zero attached hydrogens (tertiary/aromatic N) is 3. The first-order valence-corrected chi connectivity index (χ1v) is 15.1. The molecule has 42 heavy (non-hydrogen) atoms. The monoisotopic (exact) mass is 617 g/mol. The lowest BCUT2D eigenvalue weighted by molar-refractivity contribution is 0.102. The third kappa shape index (κ3) is 5.08. The van der Waals surface area contributed by atoms with Crippen molar-refractivity contribution in [1.82, 2.24) is 14.1 Å². The summed E-state index contributed by atoms with van der Waals surface area (Å²) in [5, 5.41) is 3.37. The Morgan fingerprint density at radius 1 is 0.976 bits per heavy atom. The zero-order chi connectivity index (χ0) is 29.5. The van der Waals surface area contributed by atoms with E-state index >= 15 is 0 Å². The van der Waals surface area contributed by atoms with Crippen LogP contribution in [-0.2, 0) is 0 Å². The first-order chi connectivity index (χ1) is 20.2. The van der Waals surface area contributed by atoms with Crippen LogP contribution in [0.2, 0.25) is 5.02 Å². The minimum absolute atomic E-state index is 0.0177. The Bertz CT molecular complexity index is 2030. The maximum absolute atomic E-state index is 14.6. The highest BCUT2D eigenvalue weighted by atomic mass is 35.5. The van der Waals surface area contributed by atoms with Crippen LogP contribution in [0.4, 0.5) is 8.78 Å². The van der Waals surface area contributed by atoms with Gasteiger partial charge < -0.3 is 4.57 Å². The number of Topliss-reactive ketones (excluding diaryl/α,β-unsaturated/α-hetero) is 1. The average molecular weight is 618 g/mol. The lowest BCUT2D eigenvalue weighted by atomic mass is 10.1. The van der Waals surface area contributed by atoms with Crippen LogP contribution < -0.4 is 5.56 Å². The molecule has 0 saturated heterocycles. The Morgan fingerprint density at radius 3 is 2.45 bits per heavy atom. The van der Waals surface area contributed by atoms with Gasteiger partial charge in [0.15, 0.2) is 10.9 Å². The predicted molar refractivity (Wildman–Crippen MR) is 166 cm³/mol. The van der Waals surface area contributed by atoms with Gasteiger partial charge in [-0.1, -0.05) is 53.7 Å². The molecule has 0 saturated carbocycles. The molecule has 210 valence electrons. The van der Waals surface area contributed by atoms with Gasteiger partial charge in [0.25, 0.3) is 5.56 Å². The summed E-state index contributed by atoms with van der Waals surface area (Å²) in [5.41, 5.74) is 3.52. The van der Waals surface area contributed by atoms with E-state index in [0.29, 0.717) is 43.0 Å². The second-order valence-corrected chi connectivity index (χ2v) is 11.9. The quantitative estimate of drug-likeness (QED) is 0.102. The fraction of sp³-hybridized carbons (Fsp3) is 0.0938. The summed E-state index contributed by atoms with van der Waals surface area (Å²) < 4.78 is 31.5. The van der Waals surface area contributed by atoms with Crippen molar-refractivity contribution < 1.29 is 13.6 Å². The van der Waals surface area contributed by atoms with Crippen LogP contribution in [0, 0.1) is 25.5 Å². The van der Waals surface area contributed by atoms with Crippen LogP contribution >= 0.6 is 34.7 Å². The average Bonchev–Trinajstić information content (AvgIpc) is 3.54. The highest BCUT2D eigenvalue weighted by Crippen LogP contribution is 2.34. The summed E-state index contributed by atoms with van der Waals surface area (Å²) in [4.78, 5) is 32.9. The fourth-order valence-electron chi connectivity index (χ4n) is 5.00. The number of ketones is 1. The molecule has 0 aliphatic heterocycles. The van der Waals surface area contributed by atoms with Crippen LogP contribution in [-0.4, -0.2) is 25.7 Å². The first kappa shape index (κ1) is 28.1. The van der Waals surface area contributed by atoms with Gasteiger partial charge in [0, 0.05) is 39.0 Å². The number of thiophene rings is 1. The summed E-state index contributed by atoms with van der Waals surface area (Å²) in [6.07, 6.45) is 0. The molecule has 0 atom stereocenters. The van der Waals surface area contributed by atoms with Crippen LogP contribution in [0.5, 0.6) is 0 Å². The number of hydrogen-bond donors (Lipinski definition) is 0. The fourth-order valence-corrected chi connectivity index (χ4v) is 7.01. The second-order valence-electron chi connectivity index (χ2n) is 9.63. The van der Waals surface area contributed by atoms with Gasteiger partial charge in [-0.3, -0.25) is 14.2 Å². The van der Waals surface area contributed by atoms with Crippen molar-refractivity contribution in [1.29, 1.82) is 0 Å². The van der Waals surface area contributed by atoms with Gasteiger partial charge >= 0.3 is 0 Å². The van der Waals surface area contributed by atoms with E-state index < -0.39 is 11.6 Å². The lowest BCUT2D eigenvalue weighted by Crippen LogP contribution is -2.22. The maximum Gasteiger partial charge on any atom is 0.268 e. The molecule has 3 aromatic carbocycles. The number of fused-ring (bicyclic) bond motifs is 1. The summed E-state index contributed by atoms with van der Waals surface area (Å²) in [7, 11) is 0. The summed E-state index contributed by atoms with van der Waals surface area (Å²) in [6.45, 7) is 3.43. The van der Waals surface area contributed by atoms with Crippen LogP contribution in [0.1, 0.15) is 21.7 Å². The molecule has 0 bridgehead atoms. The van der Waals surface area contributed by atoms with E-state index in [4.69, 9.17) is 16.6 Å². The first-order valence-electron chi connectivity index (χ1n) is 12.9. The molecule has 0 aliphatic rings. The lowest BCUT2D eigenvalue weighted by Gasteiger charge is -2.13. The largest absolute Gasteiger partial charge is 0.315 e. The van der Waals surface area contributed by atoms with E-state index in [9.17, 15) is 18.4 Å². The molecule has 0 fully saturated rings. The van der Waals surface area contributed by atoms with Crippen molar-refractivity contribution >= 4 is 50.7 Å². The number of aryl methyl sites for hydroxylation is 1. The van der Waals surface area contributed by atoms with E-state index in [-0.39, 0.29) is 22.8 Å². The number of benzene rings is 3. The van der Waals surface area contributed by atoms with Gasteiger partial charge in [-0.15, -0.1) is 11.3 Å². The summed E-state index contributed by atoms with van der Waals surface area (Å²) >= 11 is 8.59. The third-order valence-corrected chi connectivity index (χ3v) is 9.02. The third-order valence-electron chi connectivity index (χ3n) is 6.96. The van der Waals surface area contributed by atoms with Gasteiger partial charge in [0.05, 0.1) is 22.5 Å². The molecule has 5 nitrogen and oxygen atoms in total. The van der Waals surface area contributed by atoms with Gasteiger partial charge in [-0.25, -0.2) is 13.8 Å². The zero-order valence-electron chi connectivity index (χ0n) is 22.4. The minimum Gasteiger partial charge on any atom is -0.315 e. The summed E-state index contributed by atoms with van der Waals surface area (Å²) in [5.74, 6) is -1.41. The SMILES string of the molecule is Cc1cc(C(=O)CSc2nc3scc(-c4ccc(Cl)cc4)c3c(=O)n2-c2ccccc2)c(C)n1-c1cc(F)ccc1F. The Labute approximate surface area is 253 Å². The zero-order valence-corrected chi connectivity index (χ0v) is 24.8. The Hall–Kier alpha value is -4.05. The van der Waals surface area contributed by atoms with Gasteiger partial charge in [-0.05, 0) is 61.9 Å². The molecule has 0 radical (unpaired) electrons. The highest BCUT2D eigenvalue weighted by Gasteiger charge is 2.22. The van der Waals surface area contributed by atoms with Crippen molar-refractivity contribution in [3.63, 3.8) is 0 Å². The smallest absolute Gasteiger partial charge is 0.268 e. The van der Waals surface area contributed by atoms with Gasteiger partial charge in [-0.2, -0.15) is 0 Å². The molecular formula is C32H22ClF2N3O2S2. The normalized spacial score (nSPS) is 11.4. The number of hydrogen-bond acceptors (Lipinski definition) is 5. The molecule has 3 heterocycles. The Morgan fingerprint density at radius 2 is 1.71 bits per heavy atom. The molecule has 0 spiro atoms. The van der Waals surface area contributed by atoms with Crippen molar-refractivity contribution in [3.05, 3.63) is 128 Å². The standard InChI is InChI=1S/C32H22ClF2N3O2S2/c1-18-14-24(19(2)37(18)27-15-22(34)12-13-26(27)35)28(39)17-42-32-36-30-29(31(40)38(32)23-6-4-3-5-7-23)25(16-41-30)20-8-10-21(33)11-9-20/h3-16H,17H2,1-2H3. The molecule has 0 N–H and O–H groups in total. The number of thioether (sulfide) groups is 1. The highest BCUT2D eigenvalue weighted by molar-refractivity contribution is 7.99. The van der Waals surface area contributed by atoms with Crippen LogP contribution in [0.15, 0.2) is 94.2 Å². The van der Waals surface area contributed by atoms with Crippen molar-refractivity contribution in [3.8, 4) is 22.5 Å². The molecule has 6 rings (SSSR count). The van der Waals surface area contributed by atoms with E-state index in [1.165, 1.54) is 20.5 Å². The number of para-hydroxylation sites is 1. The predicted octanol–water partition coefficient (Wildman–Crippen LogP) is 8.43. The minimum atomic E-state index is -0.593. The van der Waals surface area contributed by atoms with Crippen LogP contribution in [0.3, 0.4) is 0 Å². The molecule has 3 aromatic heterocycles. The number of carbonyl (C=O) groups excluding carboxylic acids is 1. The van der Waals surface area contributed by atoms with E-state index in [0.717, 1.165) is 41.1 Å². The van der Waals surface area contributed by atoms with E-state index in [1.54, 1.807) is 32.0 Å². The second kappa shape index (κ2) is 11.3. The number of rotatable bonds is 7. The number of halogens is 3. The van der Waals surface area contributed by atoms with E-state index in [2.05, 4.69) is 0 Å². The maximum atomic E-state index is 14.6. The van der Waals surface area contributed by atoms with Crippen LogP contribution in [0.25, 0.3) is 32.7 Å². The number of carbonyl (C=O) groups is 1. The van der Waals surface area contributed by atoms with Crippen molar-refractivity contribution in [2.24, 2.45) is 0 Å². The van der Waals surface area contributed by atoms with Gasteiger partial charge in [0.1, 0.15) is 16.5 Å². The summed E-state index contributed by atoms with van der Waals surface area (Å²) in [6, 6.07) is 21.3. The molecule has 0 aliphatic carbocycles. The van der Waals surface area contributed by atoms with Gasteiger partial charge in [0.2, 0.25) is 0 Å².